The molecule has 0 unspecified atom stereocenters. The summed E-state index contributed by atoms with van der Waals surface area (Å²) in [6, 6.07) is 11.5. The van der Waals surface area contributed by atoms with Crippen molar-refractivity contribution in [3.8, 4) is 16.9 Å². The number of anilines is 1. The number of benzene rings is 3. The minimum absolute atomic E-state index is 0.00648. The summed E-state index contributed by atoms with van der Waals surface area (Å²) < 4.78 is 83.9. The third-order valence-electron chi connectivity index (χ3n) is 9.34. The number of nitrogens with zero attached hydrogens (tertiary/aromatic N) is 1. The van der Waals surface area contributed by atoms with Crippen LogP contribution in [-0.4, -0.2) is 75.0 Å². The molecule has 49 heavy (non-hydrogen) atoms. The number of halogens is 4. The number of carboxylic acid groups (broad SMARTS) is 1. The summed E-state index contributed by atoms with van der Waals surface area (Å²) in [4.78, 5) is 39.6. The van der Waals surface area contributed by atoms with Crippen molar-refractivity contribution in [1.29, 1.82) is 0 Å². The molecular weight excluding hydrogens is 670 g/mol. The van der Waals surface area contributed by atoms with Gasteiger partial charge in [-0.15, -0.1) is 0 Å². The first-order valence-corrected chi connectivity index (χ1v) is 16.9. The van der Waals surface area contributed by atoms with E-state index in [0.717, 1.165) is 30.7 Å². The quantitative estimate of drug-likeness (QED) is 0.233. The molecule has 2 aliphatic carbocycles. The molecule has 10 nitrogen and oxygen atoms in total. The van der Waals surface area contributed by atoms with Crippen molar-refractivity contribution < 1.29 is 50.2 Å². The lowest BCUT2D eigenvalue weighted by molar-refractivity contribution is -0.142. The maximum absolute atomic E-state index is 15.4. The molecule has 0 saturated heterocycles. The van der Waals surface area contributed by atoms with Gasteiger partial charge in [0, 0.05) is 23.4 Å². The van der Waals surface area contributed by atoms with E-state index < -0.39 is 61.8 Å². The van der Waals surface area contributed by atoms with Gasteiger partial charge >= 0.3 is 11.5 Å². The Morgan fingerprint density at radius 3 is 2.37 bits per heavy atom. The number of alkyl halides is 3. The summed E-state index contributed by atoms with van der Waals surface area (Å²) in [6.07, 6.45) is 2.18. The van der Waals surface area contributed by atoms with Crippen LogP contribution in [0.25, 0.3) is 11.1 Å². The van der Waals surface area contributed by atoms with Gasteiger partial charge in [-0.05, 0) is 87.0 Å². The van der Waals surface area contributed by atoms with Gasteiger partial charge in [-0.25, -0.2) is 12.8 Å². The number of aliphatic carboxylic acids is 1. The summed E-state index contributed by atoms with van der Waals surface area (Å²) in [5.74, 6) is -3.96. The maximum Gasteiger partial charge on any atom is 0.501 e. The molecule has 3 aromatic rings. The van der Waals surface area contributed by atoms with E-state index in [-0.39, 0.29) is 40.8 Å². The molecule has 2 bridgehead atoms. The van der Waals surface area contributed by atoms with E-state index in [1.165, 1.54) is 19.2 Å². The number of hydrogen-bond donors (Lipinski definition) is 3. The lowest BCUT2D eigenvalue weighted by Crippen LogP contribution is -2.48. The van der Waals surface area contributed by atoms with Crippen molar-refractivity contribution in [1.82, 2.24) is 10.2 Å². The van der Waals surface area contributed by atoms with Crippen molar-refractivity contribution in [2.45, 2.75) is 48.2 Å². The van der Waals surface area contributed by atoms with Crippen molar-refractivity contribution in [3.63, 3.8) is 0 Å². The lowest BCUT2D eigenvalue weighted by Gasteiger charge is -2.31. The van der Waals surface area contributed by atoms with E-state index in [1.807, 2.05) is 0 Å². The van der Waals surface area contributed by atoms with Gasteiger partial charge in [0.1, 0.15) is 17.6 Å². The van der Waals surface area contributed by atoms with Gasteiger partial charge in [0.05, 0.1) is 23.5 Å². The van der Waals surface area contributed by atoms with Crippen LogP contribution >= 0.6 is 0 Å². The minimum atomic E-state index is -5.64. The average molecular weight is 706 g/mol. The molecule has 3 N–H and O–H groups in total. The lowest BCUT2D eigenvalue weighted by atomic mass is 9.83. The van der Waals surface area contributed by atoms with Crippen LogP contribution in [0.3, 0.4) is 0 Å². The highest BCUT2D eigenvalue weighted by Crippen LogP contribution is 2.49. The Labute approximate surface area is 280 Å². The first-order valence-electron chi connectivity index (χ1n) is 15.4. The number of ether oxygens (including phenoxy) is 1. The second-order valence-corrected chi connectivity index (χ2v) is 14.5. The Balaban J connectivity index is 1.39. The summed E-state index contributed by atoms with van der Waals surface area (Å²) in [7, 11) is -1.08. The normalized spacial score (nSPS) is 21.0. The van der Waals surface area contributed by atoms with E-state index in [2.05, 4.69) is 10.6 Å². The van der Waals surface area contributed by atoms with Gasteiger partial charge < -0.3 is 20.5 Å². The molecule has 0 aliphatic heterocycles. The number of methoxy groups -OCH3 is 1. The molecule has 5 rings (SSSR count). The summed E-state index contributed by atoms with van der Waals surface area (Å²) in [5.41, 5.74) is -4.56. The Morgan fingerprint density at radius 2 is 1.71 bits per heavy atom. The SMILES string of the molecule is COc1cc(F)c(-c2cccc(C[C@@H](C(=O)O)N(C)C)c2)cc1C(=O)N[C@@H]1[C@H]2CC[C@H](C2)[C@@H]1C(=O)Nc1cccc(S(=O)(=O)C(F)(F)F)c1. The van der Waals surface area contributed by atoms with Crippen LogP contribution < -0.4 is 15.4 Å². The molecule has 262 valence electrons. The number of sulfone groups is 1. The van der Waals surface area contributed by atoms with Crippen LogP contribution in [-0.2, 0) is 25.8 Å². The van der Waals surface area contributed by atoms with Gasteiger partial charge in [-0.3, -0.25) is 19.3 Å². The molecule has 3 aromatic carbocycles. The van der Waals surface area contributed by atoms with Crippen LogP contribution in [0.4, 0.5) is 23.2 Å². The van der Waals surface area contributed by atoms with E-state index >= 15 is 4.39 Å². The van der Waals surface area contributed by atoms with E-state index in [9.17, 15) is 41.1 Å². The molecule has 0 radical (unpaired) electrons. The second kappa shape index (κ2) is 13.8. The van der Waals surface area contributed by atoms with Crippen molar-refractivity contribution in [2.24, 2.45) is 17.8 Å². The Bertz CT molecular complexity index is 1880. The number of likely N-dealkylation sites (N-methyl/N-ethyl adjacent to an activating group) is 1. The third kappa shape index (κ3) is 7.27. The number of rotatable bonds is 11. The number of amides is 2. The molecular formula is C34H35F4N3O7S. The van der Waals surface area contributed by atoms with Crippen LogP contribution in [0.2, 0.25) is 0 Å². The summed E-state index contributed by atoms with van der Waals surface area (Å²) in [6.45, 7) is 0. The Morgan fingerprint density at radius 1 is 1.02 bits per heavy atom. The maximum atomic E-state index is 15.4. The predicted molar refractivity (Wildman–Crippen MR) is 171 cm³/mol. The number of carbonyl (C=O) groups is 3. The van der Waals surface area contributed by atoms with Crippen LogP contribution in [0.15, 0.2) is 65.6 Å². The zero-order valence-corrected chi connectivity index (χ0v) is 27.6. The summed E-state index contributed by atoms with van der Waals surface area (Å²) in [5, 5.41) is 15.0. The zero-order chi connectivity index (χ0) is 35.8. The highest BCUT2D eigenvalue weighted by atomic mass is 32.2. The molecule has 0 spiro atoms. The number of nitrogens with one attached hydrogen (secondary N) is 2. The first kappa shape index (κ1) is 35.8. The fourth-order valence-electron chi connectivity index (χ4n) is 6.91. The van der Waals surface area contributed by atoms with Gasteiger partial charge in [-0.2, -0.15) is 13.2 Å². The number of fused-ring (bicyclic) bond motifs is 2. The van der Waals surface area contributed by atoms with Crippen LogP contribution in [0, 0.1) is 23.6 Å². The standard InChI is InChI=1S/C34H35F4N3O7S/c1-41(2)27(33(44)45)13-18-6-4-7-19(12-18)24-16-25(28(48-3)17-26(24)35)31(42)40-30-21-11-10-20(14-21)29(30)32(43)39-22-8-5-9-23(15-22)49(46,47)34(36,37)38/h4-9,12,15-17,20-21,27,29-30H,10-11,13-14H2,1-3H3,(H,39,43)(H,40,42)(H,44,45)/t20-,21+,27+,29+,30-/m1/s1. The largest absolute Gasteiger partial charge is 0.501 e. The van der Waals surface area contributed by atoms with Crippen molar-refractivity contribution in [2.75, 3.05) is 26.5 Å². The summed E-state index contributed by atoms with van der Waals surface area (Å²) >= 11 is 0. The number of carboxylic acids is 1. The highest BCUT2D eigenvalue weighted by molar-refractivity contribution is 7.92. The molecule has 15 heteroatoms. The number of carbonyl (C=O) groups excluding carboxylic acids is 2. The molecule has 5 atom stereocenters. The number of hydrogen-bond acceptors (Lipinski definition) is 7. The molecule has 2 aliphatic rings. The van der Waals surface area contributed by atoms with Crippen molar-refractivity contribution >= 4 is 33.3 Å². The molecule has 2 fully saturated rings. The molecule has 0 aromatic heterocycles. The Hall–Kier alpha value is -4.50. The average Bonchev–Trinajstić information content (AvgIpc) is 3.65. The fourth-order valence-corrected chi connectivity index (χ4v) is 7.72. The fraction of sp³-hybridized carbons (Fsp3) is 0.382. The molecule has 0 heterocycles. The van der Waals surface area contributed by atoms with Gasteiger partial charge in [0.15, 0.2) is 0 Å². The van der Waals surface area contributed by atoms with Gasteiger partial charge in [-0.1, -0.05) is 30.3 Å². The van der Waals surface area contributed by atoms with E-state index in [4.69, 9.17) is 4.74 Å². The second-order valence-electron chi connectivity index (χ2n) is 12.6. The smallest absolute Gasteiger partial charge is 0.496 e. The monoisotopic (exact) mass is 705 g/mol. The van der Waals surface area contributed by atoms with E-state index in [1.54, 1.807) is 43.3 Å². The third-order valence-corrected chi connectivity index (χ3v) is 10.8. The van der Waals surface area contributed by atoms with E-state index in [0.29, 0.717) is 24.0 Å². The minimum Gasteiger partial charge on any atom is -0.496 e. The predicted octanol–water partition coefficient (Wildman–Crippen LogP) is 5.14. The molecule has 2 saturated carbocycles. The van der Waals surface area contributed by atoms with Crippen LogP contribution in [0.5, 0.6) is 5.75 Å². The zero-order valence-electron chi connectivity index (χ0n) is 26.8. The Kier molecular flexibility index (Phi) is 10.1. The van der Waals surface area contributed by atoms with Gasteiger partial charge in [0.2, 0.25) is 5.91 Å². The highest BCUT2D eigenvalue weighted by Gasteiger charge is 2.52. The topological polar surface area (TPSA) is 142 Å². The molecule has 2 amide bonds. The first-order chi connectivity index (χ1) is 23.0. The van der Waals surface area contributed by atoms with Crippen LogP contribution in [0.1, 0.15) is 35.2 Å². The van der Waals surface area contributed by atoms with Crippen molar-refractivity contribution in [3.05, 3.63) is 77.6 Å². The van der Waals surface area contributed by atoms with Gasteiger partial charge in [0.25, 0.3) is 15.7 Å².